The molecule has 0 saturated carbocycles. The van der Waals surface area contributed by atoms with Gasteiger partial charge in [0.15, 0.2) is 6.61 Å². The normalized spacial score (nSPS) is 14.7. The highest BCUT2D eigenvalue weighted by molar-refractivity contribution is 7.89. The van der Waals surface area contributed by atoms with Crippen molar-refractivity contribution in [3.63, 3.8) is 0 Å². The van der Waals surface area contributed by atoms with E-state index < -0.39 is 15.9 Å². The van der Waals surface area contributed by atoms with Crippen LogP contribution in [0.4, 0.5) is 0 Å². The number of nitrogens with zero attached hydrogens (tertiary/aromatic N) is 3. The number of carbonyl (C=O) groups excluding carboxylic acids is 2. The molecule has 1 N–H and O–H groups in total. The van der Waals surface area contributed by atoms with Gasteiger partial charge in [0.2, 0.25) is 10.0 Å². The quantitative estimate of drug-likeness (QED) is 0.468. The lowest BCUT2D eigenvalue weighted by Gasteiger charge is -2.15. The van der Waals surface area contributed by atoms with Gasteiger partial charge in [-0.1, -0.05) is 6.07 Å². The summed E-state index contributed by atoms with van der Waals surface area (Å²) in [6.45, 7) is 2.68. The van der Waals surface area contributed by atoms with Crippen LogP contribution in [-0.4, -0.2) is 68.9 Å². The molecular formula is C23H28N4O5S. The van der Waals surface area contributed by atoms with Crippen molar-refractivity contribution >= 4 is 27.5 Å². The molecule has 10 heteroatoms. The van der Waals surface area contributed by atoms with Crippen LogP contribution in [0.1, 0.15) is 35.7 Å². The zero-order valence-corrected chi connectivity index (χ0v) is 19.8. The van der Waals surface area contributed by atoms with E-state index in [1.54, 1.807) is 57.4 Å². The van der Waals surface area contributed by atoms with Crippen molar-refractivity contribution in [3.8, 4) is 5.75 Å². The summed E-state index contributed by atoms with van der Waals surface area (Å²) in [7, 11) is -0.289. The molecule has 0 bridgehead atoms. The zero-order chi connectivity index (χ0) is 24.0. The average Bonchev–Trinajstić information content (AvgIpc) is 3.37. The average molecular weight is 473 g/mol. The van der Waals surface area contributed by atoms with Gasteiger partial charge in [-0.05, 0) is 67.8 Å². The molecule has 1 aliphatic rings. The van der Waals surface area contributed by atoms with Gasteiger partial charge < -0.3 is 9.64 Å². The van der Waals surface area contributed by atoms with E-state index in [1.165, 1.54) is 21.3 Å². The summed E-state index contributed by atoms with van der Waals surface area (Å²) in [4.78, 5) is 25.7. The Balaban J connectivity index is 1.63. The molecule has 2 amide bonds. The molecule has 1 aliphatic heterocycles. The second kappa shape index (κ2) is 10.6. The van der Waals surface area contributed by atoms with E-state index in [4.69, 9.17) is 4.74 Å². The highest BCUT2D eigenvalue weighted by Gasteiger charge is 2.27. The SMILES string of the molecule is C/C(=N/NC(=O)c1cccc(S(=O)(=O)N2CCCC2)c1)c1ccc(OCC(=O)N(C)C)cc1. The number of amides is 2. The molecule has 0 atom stereocenters. The second-order valence-electron chi connectivity index (χ2n) is 7.88. The number of hydrogen-bond donors (Lipinski definition) is 1. The maximum absolute atomic E-state index is 12.7. The van der Waals surface area contributed by atoms with Gasteiger partial charge in [-0.15, -0.1) is 0 Å². The van der Waals surface area contributed by atoms with Gasteiger partial charge in [0, 0.05) is 32.7 Å². The number of benzene rings is 2. The van der Waals surface area contributed by atoms with Crippen LogP contribution in [0.3, 0.4) is 0 Å². The fourth-order valence-electron chi connectivity index (χ4n) is 3.21. The Bertz CT molecular complexity index is 1140. The van der Waals surface area contributed by atoms with Crippen molar-refractivity contribution in [1.82, 2.24) is 14.6 Å². The van der Waals surface area contributed by atoms with Gasteiger partial charge >= 0.3 is 0 Å². The number of likely N-dealkylation sites (N-methyl/N-ethyl adjacent to an activating group) is 1. The van der Waals surface area contributed by atoms with Gasteiger partial charge in [-0.25, -0.2) is 13.8 Å². The van der Waals surface area contributed by atoms with Crippen LogP contribution >= 0.6 is 0 Å². The topological polar surface area (TPSA) is 108 Å². The highest BCUT2D eigenvalue weighted by atomic mass is 32.2. The monoisotopic (exact) mass is 472 g/mol. The number of rotatable bonds is 8. The summed E-state index contributed by atoms with van der Waals surface area (Å²) in [5.74, 6) is -0.103. The molecule has 9 nitrogen and oxygen atoms in total. The second-order valence-corrected chi connectivity index (χ2v) is 9.82. The van der Waals surface area contributed by atoms with E-state index in [0.29, 0.717) is 24.6 Å². The molecule has 0 spiro atoms. The first-order valence-corrected chi connectivity index (χ1v) is 12.0. The van der Waals surface area contributed by atoms with Crippen molar-refractivity contribution in [2.24, 2.45) is 5.10 Å². The molecule has 2 aromatic carbocycles. The van der Waals surface area contributed by atoms with E-state index in [0.717, 1.165) is 18.4 Å². The predicted molar refractivity (Wildman–Crippen MR) is 125 cm³/mol. The van der Waals surface area contributed by atoms with Crippen LogP contribution in [0.2, 0.25) is 0 Å². The number of hydrogen-bond acceptors (Lipinski definition) is 6. The van der Waals surface area contributed by atoms with Crippen LogP contribution in [0.5, 0.6) is 5.75 Å². The summed E-state index contributed by atoms with van der Waals surface area (Å²) < 4.78 is 32.4. The third-order valence-electron chi connectivity index (χ3n) is 5.26. The largest absolute Gasteiger partial charge is 0.484 e. The lowest BCUT2D eigenvalue weighted by atomic mass is 10.1. The van der Waals surface area contributed by atoms with Crippen molar-refractivity contribution < 1.29 is 22.7 Å². The zero-order valence-electron chi connectivity index (χ0n) is 18.9. The maximum atomic E-state index is 12.7. The molecule has 0 aromatic heterocycles. The molecule has 2 aromatic rings. The van der Waals surface area contributed by atoms with Gasteiger partial charge in [0.25, 0.3) is 11.8 Å². The van der Waals surface area contributed by atoms with Crippen LogP contribution in [0.25, 0.3) is 0 Å². The molecule has 1 fully saturated rings. The van der Waals surface area contributed by atoms with E-state index in [-0.39, 0.29) is 23.0 Å². The Morgan fingerprint density at radius 3 is 2.36 bits per heavy atom. The fourth-order valence-corrected chi connectivity index (χ4v) is 4.77. The van der Waals surface area contributed by atoms with E-state index >= 15 is 0 Å². The minimum absolute atomic E-state index is 0.0536. The Kier molecular flexibility index (Phi) is 7.83. The summed E-state index contributed by atoms with van der Waals surface area (Å²) in [5, 5.41) is 4.12. The van der Waals surface area contributed by atoms with Crippen LogP contribution in [0.15, 0.2) is 58.5 Å². The van der Waals surface area contributed by atoms with Crippen molar-refractivity contribution in [3.05, 3.63) is 59.7 Å². The minimum atomic E-state index is -3.61. The third kappa shape index (κ3) is 6.17. The standard InChI is InChI=1S/C23H28N4O5S/c1-17(18-9-11-20(12-10-18)32-16-22(28)26(2)3)24-25-23(29)19-7-6-8-21(15-19)33(30,31)27-13-4-5-14-27/h6-12,15H,4-5,13-14,16H2,1-3H3,(H,25,29)/b24-17-. The highest BCUT2D eigenvalue weighted by Crippen LogP contribution is 2.21. The molecule has 176 valence electrons. The molecule has 1 saturated heterocycles. The minimum Gasteiger partial charge on any atom is -0.484 e. The number of sulfonamides is 1. The first-order valence-electron chi connectivity index (χ1n) is 10.6. The first kappa shape index (κ1) is 24.4. The molecule has 1 heterocycles. The number of hydrazone groups is 1. The summed E-state index contributed by atoms with van der Waals surface area (Å²) in [6, 6.07) is 12.9. The molecule has 0 unspecified atom stereocenters. The predicted octanol–water partition coefficient (Wildman–Crippen LogP) is 2.09. The Morgan fingerprint density at radius 1 is 1.06 bits per heavy atom. The van der Waals surface area contributed by atoms with Gasteiger partial charge in [0.1, 0.15) is 5.75 Å². The molecule has 0 radical (unpaired) electrons. The van der Waals surface area contributed by atoms with Crippen LogP contribution < -0.4 is 10.2 Å². The Morgan fingerprint density at radius 2 is 1.73 bits per heavy atom. The smallest absolute Gasteiger partial charge is 0.271 e. The summed E-state index contributed by atoms with van der Waals surface area (Å²) in [6.07, 6.45) is 1.68. The summed E-state index contributed by atoms with van der Waals surface area (Å²) >= 11 is 0. The van der Waals surface area contributed by atoms with Crippen molar-refractivity contribution in [1.29, 1.82) is 0 Å². The van der Waals surface area contributed by atoms with Crippen molar-refractivity contribution in [2.45, 2.75) is 24.7 Å². The number of carbonyl (C=O) groups is 2. The molecular weight excluding hydrogens is 444 g/mol. The van der Waals surface area contributed by atoms with Crippen LogP contribution in [0, 0.1) is 0 Å². The molecule has 3 rings (SSSR count). The van der Waals surface area contributed by atoms with Gasteiger partial charge in [-0.3, -0.25) is 9.59 Å². The first-order chi connectivity index (χ1) is 15.7. The van der Waals surface area contributed by atoms with E-state index in [9.17, 15) is 18.0 Å². The third-order valence-corrected chi connectivity index (χ3v) is 7.15. The number of nitrogens with one attached hydrogen (secondary N) is 1. The summed E-state index contributed by atoms with van der Waals surface area (Å²) in [5.41, 5.74) is 3.99. The van der Waals surface area contributed by atoms with Crippen LogP contribution in [-0.2, 0) is 14.8 Å². The number of ether oxygens (including phenoxy) is 1. The Labute approximate surface area is 194 Å². The maximum Gasteiger partial charge on any atom is 0.271 e. The fraction of sp³-hybridized carbons (Fsp3) is 0.348. The van der Waals surface area contributed by atoms with Crippen molar-refractivity contribution in [2.75, 3.05) is 33.8 Å². The Hall–Kier alpha value is -3.24. The molecule has 0 aliphatic carbocycles. The van der Waals surface area contributed by atoms with E-state index in [1.807, 2.05) is 0 Å². The lowest BCUT2D eigenvalue weighted by molar-refractivity contribution is -0.130. The lowest BCUT2D eigenvalue weighted by Crippen LogP contribution is -2.28. The molecule has 33 heavy (non-hydrogen) atoms. The van der Waals surface area contributed by atoms with Gasteiger partial charge in [0.05, 0.1) is 10.6 Å². The van der Waals surface area contributed by atoms with E-state index in [2.05, 4.69) is 10.5 Å². The van der Waals surface area contributed by atoms with Gasteiger partial charge in [-0.2, -0.15) is 9.41 Å².